The molecule has 0 bridgehead atoms. The molecule has 0 aromatic heterocycles. The molecule has 3 unspecified atom stereocenters. The lowest BCUT2D eigenvalue weighted by Crippen LogP contribution is -2.50. The summed E-state index contributed by atoms with van der Waals surface area (Å²) < 4.78 is 0. The van der Waals surface area contributed by atoms with Crippen LogP contribution in [0, 0.1) is 0 Å². The maximum Gasteiger partial charge on any atom is 0.220 e. The second-order valence-corrected chi connectivity index (χ2v) is 16.7. The molecule has 5 heteroatoms. The van der Waals surface area contributed by atoms with Gasteiger partial charge in [-0.15, -0.1) is 0 Å². The third-order valence-electron chi connectivity index (χ3n) is 11.3. The van der Waals surface area contributed by atoms with Crippen molar-refractivity contribution in [3.63, 3.8) is 0 Å². The number of unbranched alkanes of at least 4 members (excludes halogenated alkanes) is 32. The molecule has 4 N–H and O–H groups in total. The van der Waals surface area contributed by atoms with Gasteiger partial charge in [0, 0.05) is 6.42 Å². The van der Waals surface area contributed by atoms with Crippen LogP contribution >= 0.6 is 0 Å². The van der Waals surface area contributed by atoms with Gasteiger partial charge >= 0.3 is 0 Å². The topological polar surface area (TPSA) is 89.8 Å². The average Bonchev–Trinajstić information content (AvgIpc) is 3.18. The Balaban J connectivity index is 3.49. The highest BCUT2D eigenvalue weighted by molar-refractivity contribution is 5.76. The number of amides is 1. The quantitative estimate of drug-likeness (QED) is 0.0368. The van der Waals surface area contributed by atoms with E-state index in [1.807, 2.05) is 0 Å². The summed E-state index contributed by atoms with van der Waals surface area (Å²) in [5.74, 6) is -0.153. The molecule has 0 heterocycles. The molecule has 0 saturated heterocycles. The molecular weight excluding hydrogens is 667 g/mol. The van der Waals surface area contributed by atoms with E-state index in [-0.39, 0.29) is 12.5 Å². The number of hydrogen-bond acceptors (Lipinski definition) is 4. The Morgan fingerprint density at radius 3 is 1.07 bits per heavy atom. The first-order valence-electron chi connectivity index (χ1n) is 24.1. The molecule has 0 aliphatic heterocycles. The summed E-state index contributed by atoms with van der Waals surface area (Å²) in [5.41, 5.74) is 0. The van der Waals surface area contributed by atoms with Crippen LogP contribution < -0.4 is 5.32 Å². The van der Waals surface area contributed by atoms with E-state index in [1.165, 1.54) is 193 Å². The van der Waals surface area contributed by atoms with E-state index in [0.717, 1.165) is 38.5 Å². The van der Waals surface area contributed by atoms with Crippen molar-refractivity contribution in [1.29, 1.82) is 0 Å². The van der Waals surface area contributed by atoms with Gasteiger partial charge in [0.2, 0.25) is 5.91 Å². The van der Waals surface area contributed by atoms with Crippen LogP contribution in [0.2, 0.25) is 0 Å². The summed E-state index contributed by atoms with van der Waals surface area (Å²) in [7, 11) is 0. The minimum Gasteiger partial charge on any atom is -0.394 e. The van der Waals surface area contributed by atoms with Crippen molar-refractivity contribution < 1.29 is 20.1 Å². The number of carbonyl (C=O) groups is 1. The van der Waals surface area contributed by atoms with Gasteiger partial charge in [0.05, 0.1) is 18.8 Å². The highest BCUT2D eigenvalue weighted by atomic mass is 16.3. The van der Waals surface area contributed by atoms with Crippen molar-refractivity contribution in [2.75, 3.05) is 6.61 Å². The molecular formula is C49H95NO4. The maximum absolute atomic E-state index is 12.4. The zero-order valence-corrected chi connectivity index (χ0v) is 36.4. The number of carbonyl (C=O) groups excluding carboxylic acids is 1. The van der Waals surface area contributed by atoms with E-state index in [1.54, 1.807) is 0 Å². The molecule has 3 atom stereocenters. The molecule has 5 nitrogen and oxygen atoms in total. The summed E-state index contributed by atoms with van der Waals surface area (Å²) in [4.78, 5) is 12.4. The highest BCUT2D eigenvalue weighted by Gasteiger charge is 2.26. The number of hydrogen-bond donors (Lipinski definition) is 4. The van der Waals surface area contributed by atoms with Crippen molar-refractivity contribution in [2.45, 2.75) is 276 Å². The summed E-state index contributed by atoms with van der Waals surface area (Å²) in [6.45, 7) is 4.15. The zero-order valence-electron chi connectivity index (χ0n) is 36.4. The van der Waals surface area contributed by atoms with Gasteiger partial charge in [-0.2, -0.15) is 0 Å². The van der Waals surface area contributed by atoms with Gasteiger partial charge in [0.25, 0.3) is 0 Å². The van der Waals surface area contributed by atoms with Gasteiger partial charge in [-0.05, 0) is 64.2 Å². The van der Waals surface area contributed by atoms with Crippen LogP contribution in [0.4, 0.5) is 0 Å². The molecule has 0 saturated carbocycles. The molecule has 320 valence electrons. The first-order valence-corrected chi connectivity index (χ1v) is 24.1. The number of nitrogens with one attached hydrogen (secondary N) is 1. The number of aliphatic hydroxyl groups excluding tert-OH is 3. The number of allylic oxidation sites excluding steroid dienone is 4. The predicted octanol–water partition coefficient (Wildman–Crippen LogP) is 14.2. The predicted molar refractivity (Wildman–Crippen MR) is 236 cm³/mol. The molecule has 0 aromatic carbocycles. The van der Waals surface area contributed by atoms with Crippen molar-refractivity contribution in [3.05, 3.63) is 24.3 Å². The Morgan fingerprint density at radius 2 is 0.741 bits per heavy atom. The molecule has 0 radical (unpaired) electrons. The van der Waals surface area contributed by atoms with Gasteiger partial charge in [-0.1, -0.05) is 212 Å². The Labute approximate surface area is 337 Å². The standard InChI is InChI=1S/C49H95NO4/c1-3-5-7-9-11-13-15-16-17-18-19-20-21-22-23-24-25-26-27-28-29-30-31-32-33-34-36-38-40-42-44-48(53)50-46(45-51)49(54)47(52)43-41-39-37-35-14-12-10-8-6-4-2/h22-23,35,37,46-47,49,51-52,54H,3-21,24-34,36,38-45H2,1-2H3,(H,50,53)/b23-22-,37-35+. The van der Waals surface area contributed by atoms with E-state index in [9.17, 15) is 20.1 Å². The van der Waals surface area contributed by atoms with Gasteiger partial charge in [-0.25, -0.2) is 0 Å². The second-order valence-electron chi connectivity index (χ2n) is 16.7. The van der Waals surface area contributed by atoms with Gasteiger partial charge in [0.15, 0.2) is 0 Å². The smallest absolute Gasteiger partial charge is 0.220 e. The van der Waals surface area contributed by atoms with E-state index >= 15 is 0 Å². The molecule has 0 aromatic rings. The van der Waals surface area contributed by atoms with Crippen molar-refractivity contribution in [2.24, 2.45) is 0 Å². The molecule has 0 rings (SSSR count). The van der Waals surface area contributed by atoms with Crippen LogP contribution in [0.3, 0.4) is 0 Å². The third-order valence-corrected chi connectivity index (χ3v) is 11.3. The Kier molecular flexibility index (Phi) is 43.6. The van der Waals surface area contributed by atoms with Crippen molar-refractivity contribution in [3.8, 4) is 0 Å². The minimum absolute atomic E-state index is 0.153. The van der Waals surface area contributed by atoms with Gasteiger partial charge in [0.1, 0.15) is 6.10 Å². The summed E-state index contributed by atoms with van der Waals surface area (Å²) in [6, 6.07) is -0.822. The van der Waals surface area contributed by atoms with Crippen molar-refractivity contribution in [1.82, 2.24) is 5.32 Å². The Hall–Kier alpha value is -1.17. The SMILES string of the molecule is CCCCCCC/C=C/CCCC(O)C(O)C(CO)NC(=O)CCCCCCCCCCCCCCCC/C=C\CCCCCCCCCCCCCC. The third kappa shape index (κ3) is 39.1. The monoisotopic (exact) mass is 762 g/mol. The van der Waals surface area contributed by atoms with Gasteiger partial charge < -0.3 is 20.6 Å². The van der Waals surface area contributed by atoms with E-state index < -0.39 is 18.2 Å². The fraction of sp³-hybridized carbons (Fsp3) is 0.898. The average molecular weight is 762 g/mol. The summed E-state index contributed by atoms with van der Waals surface area (Å²) in [5, 5.41) is 33.4. The molecule has 0 fully saturated rings. The zero-order chi connectivity index (χ0) is 39.4. The normalized spacial score (nSPS) is 13.6. The first kappa shape index (κ1) is 52.8. The lowest BCUT2D eigenvalue weighted by molar-refractivity contribution is -0.124. The van der Waals surface area contributed by atoms with Crippen LogP contribution in [0.15, 0.2) is 24.3 Å². The summed E-state index contributed by atoms with van der Waals surface area (Å²) in [6.07, 6.45) is 54.7. The second kappa shape index (κ2) is 44.5. The van der Waals surface area contributed by atoms with E-state index in [0.29, 0.717) is 12.8 Å². The summed E-state index contributed by atoms with van der Waals surface area (Å²) >= 11 is 0. The molecule has 0 spiro atoms. The van der Waals surface area contributed by atoms with E-state index in [4.69, 9.17) is 0 Å². The fourth-order valence-electron chi connectivity index (χ4n) is 7.51. The fourth-order valence-corrected chi connectivity index (χ4v) is 7.51. The highest BCUT2D eigenvalue weighted by Crippen LogP contribution is 2.16. The van der Waals surface area contributed by atoms with Crippen LogP contribution in [0.1, 0.15) is 258 Å². The first-order chi connectivity index (χ1) is 26.6. The molecule has 0 aliphatic carbocycles. The minimum atomic E-state index is -1.16. The number of aliphatic hydroxyl groups is 3. The lowest BCUT2D eigenvalue weighted by atomic mass is 10.0. The van der Waals surface area contributed by atoms with Crippen LogP contribution in [-0.2, 0) is 4.79 Å². The molecule has 0 aliphatic rings. The molecule has 1 amide bonds. The lowest BCUT2D eigenvalue weighted by Gasteiger charge is -2.26. The van der Waals surface area contributed by atoms with Crippen LogP contribution in [0.25, 0.3) is 0 Å². The van der Waals surface area contributed by atoms with Gasteiger partial charge in [-0.3, -0.25) is 4.79 Å². The Bertz CT molecular complexity index is 799. The van der Waals surface area contributed by atoms with Crippen molar-refractivity contribution >= 4 is 5.91 Å². The maximum atomic E-state index is 12.4. The van der Waals surface area contributed by atoms with Crippen LogP contribution in [0.5, 0.6) is 0 Å². The molecule has 54 heavy (non-hydrogen) atoms. The van der Waals surface area contributed by atoms with E-state index in [2.05, 4.69) is 43.5 Å². The number of rotatable bonds is 44. The Morgan fingerprint density at radius 1 is 0.444 bits per heavy atom. The van der Waals surface area contributed by atoms with Crippen LogP contribution in [-0.4, -0.2) is 46.1 Å². The largest absolute Gasteiger partial charge is 0.394 e.